The Morgan fingerprint density at radius 1 is 1.13 bits per heavy atom. The molecular formula is C21H28FN7O. The number of rotatable bonds is 6. The van der Waals surface area contributed by atoms with E-state index in [4.69, 9.17) is 11.5 Å². The van der Waals surface area contributed by atoms with Crippen LogP contribution in [0.25, 0.3) is 0 Å². The molecule has 8 nitrogen and oxygen atoms in total. The summed E-state index contributed by atoms with van der Waals surface area (Å²) in [5.74, 6) is -0.252. The van der Waals surface area contributed by atoms with Crippen LogP contribution in [-0.2, 0) is 0 Å². The number of hydrogen-bond acceptors (Lipinski definition) is 7. The molecule has 4 rings (SSSR count). The van der Waals surface area contributed by atoms with Crippen LogP contribution in [0.15, 0.2) is 24.4 Å². The Kier molecular flexibility index (Phi) is 5.98. The van der Waals surface area contributed by atoms with E-state index in [9.17, 15) is 9.18 Å². The lowest BCUT2D eigenvalue weighted by atomic mass is 9.91. The van der Waals surface area contributed by atoms with Crippen molar-refractivity contribution in [2.24, 2.45) is 11.5 Å². The maximum absolute atomic E-state index is 14.7. The van der Waals surface area contributed by atoms with E-state index in [0.29, 0.717) is 5.69 Å². The van der Waals surface area contributed by atoms with Gasteiger partial charge in [-0.1, -0.05) is 12.8 Å². The van der Waals surface area contributed by atoms with Crippen LogP contribution in [0.5, 0.6) is 0 Å². The third-order valence-electron chi connectivity index (χ3n) is 5.82. The molecule has 9 heteroatoms. The van der Waals surface area contributed by atoms with Gasteiger partial charge < -0.3 is 27.0 Å². The summed E-state index contributed by atoms with van der Waals surface area (Å²) in [6, 6.07) is 4.67. The molecular weight excluding hydrogens is 385 g/mol. The van der Waals surface area contributed by atoms with Crippen molar-refractivity contribution in [1.82, 2.24) is 9.97 Å². The van der Waals surface area contributed by atoms with Crippen LogP contribution in [0.3, 0.4) is 0 Å². The van der Waals surface area contributed by atoms with Gasteiger partial charge in [0.25, 0.3) is 5.91 Å². The molecule has 0 spiro atoms. The lowest BCUT2D eigenvalue weighted by Crippen LogP contribution is -2.43. The van der Waals surface area contributed by atoms with Crippen LogP contribution in [0, 0.1) is 5.82 Å². The predicted molar refractivity (Wildman–Crippen MR) is 116 cm³/mol. The maximum Gasteiger partial charge on any atom is 0.252 e. The monoisotopic (exact) mass is 413 g/mol. The van der Waals surface area contributed by atoms with Crippen molar-refractivity contribution in [2.75, 3.05) is 28.6 Å². The third kappa shape index (κ3) is 4.46. The summed E-state index contributed by atoms with van der Waals surface area (Å²) in [4.78, 5) is 22.9. The second-order valence-corrected chi connectivity index (χ2v) is 8.00. The Hall–Kier alpha value is -2.94. The summed E-state index contributed by atoms with van der Waals surface area (Å²) in [5.41, 5.74) is 12.3. The van der Waals surface area contributed by atoms with Crippen LogP contribution >= 0.6 is 0 Å². The average Bonchev–Trinajstić information content (AvgIpc) is 3.27. The first kappa shape index (κ1) is 20.3. The molecule has 1 saturated carbocycles. The number of aromatic nitrogens is 2. The average molecular weight is 414 g/mol. The molecule has 0 aromatic carbocycles. The molecule has 2 fully saturated rings. The van der Waals surface area contributed by atoms with Gasteiger partial charge in [0.05, 0.1) is 5.56 Å². The first-order valence-corrected chi connectivity index (χ1v) is 10.5. The number of hydrogen-bond donors (Lipinski definition) is 4. The van der Waals surface area contributed by atoms with Gasteiger partial charge in [0.15, 0.2) is 11.6 Å². The minimum Gasteiger partial charge on any atom is -0.365 e. The fraction of sp³-hybridized carbons (Fsp3) is 0.476. The Labute approximate surface area is 175 Å². The van der Waals surface area contributed by atoms with E-state index >= 15 is 0 Å². The van der Waals surface area contributed by atoms with Gasteiger partial charge in [-0.05, 0) is 37.8 Å². The molecule has 160 valence electrons. The predicted octanol–water partition coefficient (Wildman–Crippen LogP) is 2.74. The van der Waals surface area contributed by atoms with E-state index in [1.54, 1.807) is 12.3 Å². The summed E-state index contributed by atoms with van der Waals surface area (Å²) in [6.45, 7) is 1.93. The van der Waals surface area contributed by atoms with Crippen LogP contribution in [-0.4, -0.2) is 41.0 Å². The molecule has 2 atom stereocenters. The largest absolute Gasteiger partial charge is 0.365 e. The molecule has 30 heavy (non-hydrogen) atoms. The zero-order valence-corrected chi connectivity index (χ0v) is 16.9. The molecule has 2 aromatic rings. The number of amides is 1. The van der Waals surface area contributed by atoms with Crippen molar-refractivity contribution in [1.29, 1.82) is 0 Å². The molecule has 0 radical (unpaired) electrons. The van der Waals surface area contributed by atoms with E-state index in [0.717, 1.165) is 63.5 Å². The van der Waals surface area contributed by atoms with Crippen LogP contribution in [0.4, 0.5) is 27.5 Å². The van der Waals surface area contributed by atoms with E-state index in [2.05, 4.69) is 25.5 Å². The van der Waals surface area contributed by atoms with Gasteiger partial charge in [-0.25, -0.2) is 14.4 Å². The molecule has 2 aliphatic rings. The summed E-state index contributed by atoms with van der Waals surface area (Å²) in [7, 11) is 0. The SMILES string of the molecule is NC(=O)c1cc(F)c(NC2CCCC[C@@H]2N)nc1Nc1ccnc(N2CCCC2)c1. The van der Waals surface area contributed by atoms with Crippen molar-refractivity contribution in [2.45, 2.75) is 50.6 Å². The van der Waals surface area contributed by atoms with Crippen molar-refractivity contribution >= 4 is 29.0 Å². The molecule has 1 aliphatic carbocycles. The van der Waals surface area contributed by atoms with Gasteiger partial charge in [-0.2, -0.15) is 0 Å². The number of carbonyl (C=O) groups excluding carboxylic acids is 1. The molecule has 1 amide bonds. The molecule has 6 N–H and O–H groups in total. The number of pyridine rings is 2. The number of anilines is 4. The zero-order chi connectivity index (χ0) is 21.1. The maximum atomic E-state index is 14.7. The molecule has 1 aliphatic heterocycles. The Bertz CT molecular complexity index is 916. The van der Waals surface area contributed by atoms with Crippen LogP contribution in [0.1, 0.15) is 48.9 Å². The van der Waals surface area contributed by atoms with Gasteiger partial charge in [-0.3, -0.25) is 4.79 Å². The lowest BCUT2D eigenvalue weighted by Gasteiger charge is -2.30. The van der Waals surface area contributed by atoms with Crippen molar-refractivity contribution < 1.29 is 9.18 Å². The van der Waals surface area contributed by atoms with E-state index in [1.165, 1.54) is 0 Å². The summed E-state index contributed by atoms with van der Waals surface area (Å²) in [5, 5.41) is 6.24. The second kappa shape index (κ2) is 8.83. The molecule has 1 unspecified atom stereocenters. The van der Waals surface area contributed by atoms with Crippen LogP contribution in [0.2, 0.25) is 0 Å². The molecule has 1 saturated heterocycles. The number of nitrogens with one attached hydrogen (secondary N) is 2. The number of nitrogens with two attached hydrogens (primary N) is 2. The van der Waals surface area contributed by atoms with Crippen molar-refractivity contribution in [3.8, 4) is 0 Å². The smallest absolute Gasteiger partial charge is 0.252 e. The first-order chi connectivity index (χ1) is 14.5. The third-order valence-corrected chi connectivity index (χ3v) is 5.82. The van der Waals surface area contributed by atoms with Crippen molar-refractivity contribution in [3.05, 3.63) is 35.8 Å². The highest BCUT2D eigenvalue weighted by Gasteiger charge is 2.24. The van der Waals surface area contributed by atoms with E-state index < -0.39 is 11.7 Å². The lowest BCUT2D eigenvalue weighted by molar-refractivity contribution is 0.100. The zero-order valence-electron chi connectivity index (χ0n) is 16.9. The van der Waals surface area contributed by atoms with Gasteiger partial charge in [0.2, 0.25) is 0 Å². The van der Waals surface area contributed by atoms with Gasteiger partial charge in [-0.15, -0.1) is 0 Å². The summed E-state index contributed by atoms with van der Waals surface area (Å²) < 4.78 is 14.7. The van der Waals surface area contributed by atoms with E-state index in [1.807, 2.05) is 6.07 Å². The molecule has 2 aromatic heterocycles. The highest BCUT2D eigenvalue weighted by atomic mass is 19.1. The van der Waals surface area contributed by atoms with Gasteiger partial charge in [0, 0.05) is 43.1 Å². The number of nitrogens with zero attached hydrogens (tertiary/aromatic N) is 3. The topological polar surface area (TPSA) is 122 Å². The Morgan fingerprint density at radius 2 is 1.90 bits per heavy atom. The van der Waals surface area contributed by atoms with Crippen molar-refractivity contribution in [3.63, 3.8) is 0 Å². The fourth-order valence-corrected chi connectivity index (χ4v) is 4.14. The minimum atomic E-state index is -0.751. The highest BCUT2D eigenvalue weighted by Crippen LogP contribution is 2.28. The number of primary amides is 1. The molecule has 3 heterocycles. The first-order valence-electron chi connectivity index (χ1n) is 10.5. The van der Waals surface area contributed by atoms with Crippen LogP contribution < -0.4 is 27.0 Å². The second-order valence-electron chi connectivity index (χ2n) is 8.00. The summed E-state index contributed by atoms with van der Waals surface area (Å²) >= 11 is 0. The normalized spacial score (nSPS) is 21.5. The quantitative estimate of drug-likeness (QED) is 0.574. The van der Waals surface area contributed by atoms with Gasteiger partial charge in [0.1, 0.15) is 11.6 Å². The Morgan fingerprint density at radius 3 is 2.63 bits per heavy atom. The Balaban J connectivity index is 1.61. The fourth-order valence-electron chi connectivity index (χ4n) is 4.14. The molecule has 0 bridgehead atoms. The standard InChI is InChI=1S/C21H28FN7O/c22-15-12-14(19(24)30)20(28-21(15)27-17-6-2-1-5-16(17)23)26-13-7-8-25-18(11-13)29-9-3-4-10-29/h7-8,11-12,16-17H,1-6,9-10,23H2,(H2,24,30)(H2,25,26,27,28)/t16-,17?/m0/s1. The summed E-state index contributed by atoms with van der Waals surface area (Å²) in [6.07, 6.45) is 7.83. The minimum absolute atomic E-state index is 0.00877. The number of carbonyl (C=O) groups is 1. The van der Waals surface area contributed by atoms with Gasteiger partial charge >= 0.3 is 0 Å². The van der Waals surface area contributed by atoms with E-state index in [-0.39, 0.29) is 29.3 Å². The number of halogens is 1. The highest BCUT2D eigenvalue weighted by molar-refractivity contribution is 5.98.